The number of aromatic nitrogens is 1. The van der Waals surface area contributed by atoms with Gasteiger partial charge in [0.1, 0.15) is 23.9 Å². The van der Waals surface area contributed by atoms with E-state index in [-0.39, 0.29) is 5.91 Å². The monoisotopic (exact) mass is 387 g/mol. The minimum Gasteiger partial charge on any atom is -0.486 e. The van der Waals surface area contributed by atoms with Crippen LogP contribution in [0.15, 0.2) is 23.6 Å². The molecule has 1 aromatic carbocycles. The van der Waals surface area contributed by atoms with Gasteiger partial charge in [-0.25, -0.2) is 4.98 Å². The zero-order chi connectivity index (χ0) is 18.6. The summed E-state index contributed by atoms with van der Waals surface area (Å²) in [6, 6.07) is 5.81. The molecule has 0 unspecified atom stereocenters. The van der Waals surface area contributed by atoms with Crippen molar-refractivity contribution in [2.24, 2.45) is 0 Å². The van der Waals surface area contributed by atoms with Crippen LogP contribution in [0.5, 0.6) is 11.5 Å². The van der Waals surface area contributed by atoms with Crippen molar-refractivity contribution in [3.05, 3.63) is 29.3 Å². The third-order valence-electron chi connectivity index (χ3n) is 4.93. The van der Waals surface area contributed by atoms with Gasteiger partial charge in [0.15, 0.2) is 11.5 Å². The van der Waals surface area contributed by atoms with Crippen LogP contribution in [-0.2, 0) is 0 Å². The molecular formula is C20H25N3O3S. The Morgan fingerprint density at radius 2 is 2.00 bits per heavy atom. The molecule has 0 N–H and O–H groups in total. The highest BCUT2D eigenvalue weighted by atomic mass is 32.1. The summed E-state index contributed by atoms with van der Waals surface area (Å²) in [5.74, 6) is 1.54. The molecule has 7 heteroatoms. The number of rotatable bonds is 4. The molecule has 144 valence electrons. The van der Waals surface area contributed by atoms with Gasteiger partial charge in [0.05, 0.1) is 0 Å². The lowest BCUT2D eigenvalue weighted by Crippen LogP contribution is -2.35. The van der Waals surface area contributed by atoms with E-state index in [4.69, 9.17) is 9.47 Å². The number of nitrogens with zero attached hydrogens (tertiary/aromatic N) is 3. The first kappa shape index (κ1) is 18.3. The number of hydrogen-bond donors (Lipinski definition) is 0. The molecule has 1 fully saturated rings. The molecule has 27 heavy (non-hydrogen) atoms. The van der Waals surface area contributed by atoms with Gasteiger partial charge >= 0.3 is 0 Å². The quantitative estimate of drug-likeness (QED) is 0.807. The summed E-state index contributed by atoms with van der Waals surface area (Å²) in [6.07, 6.45) is 2.17. The fourth-order valence-corrected chi connectivity index (χ4v) is 4.35. The predicted molar refractivity (Wildman–Crippen MR) is 106 cm³/mol. The van der Waals surface area contributed by atoms with E-state index < -0.39 is 0 Å². The highest BCUT2D eigenvalue weighted by Crippen LogP contribution is 2.35. The molecule has 1 aromatic heterocycles. The van der Waals surface area contributed by atoms with Gasteiger partial charge < -0.3 is 19.3 Å². The van der Waals surface area contributed by atoms with Gasteiger partial charge in [0.25, 0.3) is 5.91 Å². The second-order valence-electron chi connectivity index (χ2n) is 6.88. The molecule has 0 aliphatic carbocycles. The molecule has 3 heterocycles. The predicted octanol–water partition coefficient (Wildman–Crippen LogP) is 3.14. The summed E-state index contributed by atoms with van der Waals surface area (Å²) in [7, 11) is 0. The Hall–Kier alpha value is -2.12. The molecule has 2 aliphatic rings. The van der Waals surface area contributed by atoms with Gasteiger partial charge in [-0.1, -0.05) is 6.92 Å². The zero-order valence-corrected chi connectivity index (χ0v) is 16.5. The first-order valence-electron chi connectivity index (χ1n) is 9.62. The summed E-state index contributed by atoms with van der Waals surface area (Å²) in [5, 5.41) is 2.70. The lowest BCUT2D eigenvalue weighted by Gasteiger charge is -2.21. The molecule has 0 radical (unpaired) electrons. The van der Waals surface area contributed by atoms with E-state index in [1.54, 1.807) is 0 Å². The third kappa shape index (κ3) is 4.09. The van der Waals surface area contributed by atoms with Crippen LogP contribution in [0.3, 0.4) is 0 Å². The van der Waals surface area contributed by atoms with E-state index in [0.29, 0.717) is 18.9 Å². The normalized spacial score (nSPS) is 17.6. The van der Waals surface area contributed by atoms with Crippen LogP contribution in [-0.4, -0.2) is 66.6 Å². The first-order valence-corrected chi connectivity index (χ1v) is 10.5. The van der Waals surface area contributed by atoms with Gasteiger partial charge in [-0.05, 0) is 44.1 Å². The Balaban J connectivity index is 1.46. The van der Waals surface area contributed by atoms with Crippen LogP contribution >= 0.6 is 11.3 Å². The number of fused-ring (bicyclic) bond motifs is 1. The number of carbonyl (C=O) groups excluding carboxylic acids is 1. The van der Waals surface area contributed by atoms with E-state index in [1.165, 1.54) is 11.3 Å². The molecule has 4 rings (SSSR count). The van der Waals surface area contributed by atoms with Crippen LogP contribution in [0.2, 0.25) is 0 Å². The first-order chi connectivity index (χ1) is 13.2. The second kappa shape index (κ2) is 8.27. The van der Waals surface area contributed by atoms with Crippen molar-refractivity contribution in [2.45, 2.75) is 19.8 Å². The Morgan fingerprint density at radius 1 is 1.15 bits per heavy atom. The standard InChI is InChI=1S/C20H25N3O3S/c1-2-6-22-7-3-8-23(10-9-22)20(24)16-14-27-19(21-16)15-4-5-17-18(13-15)26-12-11-25-17/h4-5,13-14H,2-3,6-12H2,1H3. The van der Waals surface area contributed by atoms with Crippen molar-refractivity contribution >= 4 is 17.2 Å². The van der Waals surface area contributed by atoms with Crippen molar-refractivity contribution in [1.29, 1.82) is 0 Å². The van der Waals surface area contributed by atoms with Crippen molar-refractivity contribution in [1.82, 2.24) is 14.8 Å². The summed E-state index contributed by atoms with van der Waals surface area (Å²) < 4.78 is 11.2. The molecule has 0 saturated carbocycles. The molecule has 2 aromatic rings. The largest absolute Gasteiger partial charge is 0.486 e. The fraction of sp³-hybridized carbons (Fsp3) is 0.500. The molecule has 0 bridgehead atoms. The number of thiazole rings is 1. The Morgan fingerprint density at radius 3 is 2.85 bits per heavy atom. The topological polar surface area (TPSA) is 54.9 Å². The highest BCUT2D eigenvalue weighted by molar-refractivity contribution is 7.13. The molecule has 0 spiro atoms. The minimum atomic E-state index is 0.0355. The number of hydrogen-bond acceptors (Lipinski definition) is 6. The zero-order valence-electron chi connectivity index (χ0n) is 15.6. The van der Waals surface area contributed by atoms with E-state index >= 15 is 0 Å². The summed E-state index contributed by atoms with van der Waals surface area (Å²) >= 11 is 1.49. The van der Waals surface area contributed by atoms with E-state index in [9.17, 15) is 4.79 Å². The van der Waals surface area contributed by atoms with Crippen LogP contribution in [0.25, 0.3) is 10.6 Å². The minimum absolute atomic E-state index is 0.0355. The smallest absolute Gasteiger partial charge is 0.273 e. The molecule has 1 saturated heterocycles. The molecule has 0 atom stereocenters. The molecular weight excluding hydrogens is 362 g/mol. The Labute approximate surface area is 163 Å². The van der Waals surface area contributed by atoms with Crippen LogP contribution in [0.4, 0.5) is 0 Å². The second-order valence-corrected chi connectivity index (χ2v) is 7.74. The maximum absolute atomic E-state index is 12.9. The Bertz CT molecular complexity index is 808. The number of ether oxygens (including phenoxy) is 2. The van der Waals surface area contributed by atoms with Gasteiger partial charge in [-0.3, -0.25) is 4.79 Å². The van der Waals surface area contributed by atoms with Crippen molar-refractivity contribution < 1.29 is 14.3 Å². The average Bonchev–Trinajstić information content (AvgIpc) is 3.08. The van der Waals surface area contributed by atoms with Gasteiger partial charge in [0.2, 0.25) is 0 Å². The van der Waals surface area contributed by atoms with E-state index in [2.05, 4.69) is 16.8 Å². The van der Waals surface area contributed by atoms with Crippen molar-refractivity contribution in [3.8, 4) is 22.1 Å². The third-order valence-corrected chi connectivity index (χ3v) is 5.82. The summed E-state index contributed by atoms with van der Waals surface area (Å²) in [5.41, 5.74) is 1.49. The lowest BCUT2D eigenvalue weighted by molar-refractivity contribution is 0.0756. The van der Waals surface area contributed by atoms with Gasteiger partial charge in [0, 0.05) is 30.6 Å². The maximum atomic E-state index is 12.9. The van der Waals surface area contributed by atoms with Gasteiger partial charge in [-0.2, -0.15) is 0 Å². The van der Waals surface area contributed by atoms with Crippen molar-refractivity contribution in [2.75, 3.05) is 45.9 Å². The SMILES string of the molecule is CCCN1CCCN(C(=O)c2csc(-c3ccc4c(c3)OCCO4)n2)CC1. The van der Waals surface area contributed by atoms with E-state index in [0.717, 1.165) is 67.6 Å². The van der Waals surface area contributed by atoms with E-state index in [1.807, 2.05) is 28.5 Å². The van der Waals surface area contributed by atoms with Crippen LogP contribution in [0.1, 0.15) is 30.3 Å². The van der Waals surface area contributed by atoms with Crippen molar-refractivity contribution in [3.63, 3.8) is 0 Å². The fourth-order valence-electron chi connectivity index (χ4n) is 3.56. The number of carbonyl (C=O) groups is 1. The lowest BCUT2D eigenvalue weighted by atomic mass is 10.2. The van der Waals surface area contributed by atoms with Crippen LogP contribution < -0.4 is 9.47 Å². The molecule has 2 aliphatic heterocycles. The average molecular weight is 388 g/mol. The highest BCUT2D eigenvalue weighted by Gasteiger charge is 2.22. The maximum Gasteiger partial charge on any atom is 0.273 e. The van der Waals surface area contributed by atoms with Gasteiger partial charge in [-0.15, -0.1) is 11.3 Å². The summed E-state index contributed by atoms with van der Waals surface area (Å²) in [4.78, 5) is 21.9. The Kier molecular flexibility index (Phi) is 5.59. The molecule has 6 nitrogen and oxygen atoms in total. The molecule has 1 amide bonds. The summed E-state index contributed by atoms with van der Waals surface area (Å²) in [6.45, 7) is 8.02. The number of benzene rings is 1. The number of amides is 1. The van der Waals surface area contributed by atoms with Crippen LogP contribution in [0, 0.1) is 0 Å².